The number of rotatable bonds is 9. The number of nitrogens with one attached hydrogen (secondary N) is 1. The molecule has 1 unspecified atom stereocenters. The number of piperidine rings is 2. The number of carbonyl (C=O) groups excluding carboxylic acids is 1. The van der Waals surface area contributed by atoms with Crippen LogP contribution in [0.25, 0.3) is 22.2 Å². The monoisotopic (exact) mass is 712 g/mol. The number of amides is 1. The lowest BCUT2D eigenvalue weighted by atomic mass is 9.93. The molecule has 0 radical (unpaired) electrons. The van der Waals surface area contributed by atoms with E-state index >= 15 is 0 Å². The Labute approximate surface area is 293 Å². The van der Waals surface area contributed by atoms with Gasteiger partial charge in [-0.25, -0.2) is 4.98 Å². The summed E-state index contributed by atoms with van der Waals surface area (Å²) in [6, 6.07) is 14.6. The number of nitrogens with zero attached hydrogens (tertiary/aromatic N) is 3. The molecule has 1 amide bonds. The van der Waals surface area contributed by atoms with Crippen LogP contribution in [0.4, 0.5) is 26.3 Å². The van der Waals surface area contributed by atoms with Gasteiger partial charge in [0.1, 0.15) is 5.75 Å². The van der Waals surface area contributed by atoms with Gasteiger partial charge in [-0.15, -0.1) is 0 Å². The third-order valence-electron chi connectivity index (χ3n) is 9.70. The summed E-state index contributed by atoms with van der Waals surface area (Å²) in [6.07, 6.45) is -4.48. The number of carbonyl (C=O) groups is 1. The van der Waals surface area contributed by atoms with Gasteiger partial charge in [-0.1, -0.05) is 48.9 Å². The first-order valence-electron chi connectivity index (χ1n) is 17.5. The van der Waals surface area contributed by atoms with Crippen LogP contribution in [0.1, 0.15) is 79.0 Å². The lowest BCUT2D eigenvalue weighted by Gasteiger charge is -2.40. The average Bonchev–Trinajstić information content (AvgIpc) is 3.10. The summed E-state index contributed by atoms with van der Waals surface area (Å²) in [7, 11) is 0. The lowest BCUT2D eigenvalue weighted by molar-refractivity contribution is -0.155. The quantitative estimate of drug-likeness (QED) is 0.176. The first-order chi connectivity index (χ1) is 24.3. The Hall–Kier alpha value is -4.16. The van der Waals surface area contributed by atoms with Crippen LogP contribution < -0.4 is 10.1 Å². The Bertz CT molecular complexity index is 1810. The molecule has 1 atom stereocenters. The Morgan fingerprint density at radius 3 is 2.24 bits per heavy atom. The minimum absolute atomic E-state index is 0.0787. The largest absolute Gasteiger partial charge is 0.491 e. The molecule has 1 aromatic heterocycles. The van der Waals surface area contributed by atoms with E-state index in [2.05, 4.69) is 15.1 Å². The molecular weight excluding hydrogens is 670 g/mol. The molecule has 272 valence electrons. The number of fused-ring (bicyclic) bond motifs is 1. The van der Waals surface area contributed by atoms with Crippen molar-refractivity contribution in [3.8, 4) is 17.0 Å². The van der Waals surface area contributed by atoms with Crippen molar-refractivity contribution in [3.05, 3.63) is 95.1 Å². The number of ether oxygens (including phenoxy) is 1. The van der Waals surface area contributed by atoms with Gasteiger partial charge in [0.05, 0.1) is 28.4 Å². The standard InChI is InChI=1S/C39H42F6N4O2/c1-25(2)51-30-14-15-33-31(23-30)34(37(50)47-36(39(43,44)45)26-10-5-3-6-11-26)32(35(46-33)27-12-9-13-28(22-27)38(40,41)42)24-48-20-16-29(17-21-48)49-18-7-4-8-19-49/h3,5-6,9-15,22-23,25,29,36H,4,7-8,16-21,24H2,1-2H3,(H,47,50). The lowest BCUT2D eigenvalue weighted by Crippen LogP contribution is -2.46. The van der Waals surface area contributed by atoms with E-state index in [1.54, 1.807) is 24.3 Å². The van der Waals surface area contributed by atoms with Crippen LogP contribution in [0.2, 0.25) is 0 Å². The molecule has 2 fully saturated rings. The minimum atomic E-state index is -4.84. The zero-order valence-corrected chi connectivity index (χ0v) is 28.7. The second-order valence-electron chi connectivity index (χ2n) is 13.7. The van der Waals surface area contributed by atoms with Gasteiger partial charge in [0, 0.05) is 29.1 Å². The van der Waals surface area contributed by atoms with E-state index in [0.717, 1.165) is 50.9 Å². The number of alkyl halides is 6. The molecule has 2 aliphatic heterocycles. The number of hydrogen-bond acceptors (Lipinski definition) is 5. The summed E-state index contributed by atoms with van der Waals surface area (Å²) >= 11 is 0. The fraction of sp³-hybridized carbons (Fsp3) is 0.436. The van der Waals surface area contributed by atoms with Crippen molar-refractivity contribution < 1.29 is 35.9 Å². The molecular formula is C39H42F6N4O2. The molecule has 1 N–H and O–H groups in total. The molecule has 3 aromatic carbocycles. The SMILES string of the molecule is CC(C)Oc1ccc2nc(-c3cccc(C(F)(F)F)c3)c(CN3CCC(N4CCCCC4)CC3)c(C(=O)NC(c3ccccc3)C(F)(F)F)c2c1. The molecule has 2 saturated heterocycles. The zero-order valence-electron chi connectivity index (χ0n) is 28.7. The van der Waals surface area contributed by atoms with Crippen LogP contribution in [-0.2, 0) is 12.7 Å². The van der Waals surface area contributed by atoms with Crippen molar-refractivity contribution in [1.82, 2.24) is 20.1 Å². The highest BCUT2D eigenvalue weighted by atomic mass is 19.4. The van der Waals surface area contributed by atoms with Crippen LogP contribution in [0, 0.1) is 0 Å². The number of pyridine rings is 1. The number of hydrogen-bond donors (Lipinski definition) is 1. The molecule has 2 aliphatic rings. The Kier molecular flexibility index (Phi) is 10.9. The zero-order chi connectivity index (χ0) is 36.3. The Morgan fingerprint density at radius 2 is 1.59 bits per heavy atom. The molecule has 3 heterocycles. The highest BCUT2D eigenvalue weighted by Crippen LogP contribution is 2.39. The van der Waals surface area contributed by atoms with E-state index < -0.39 is 29.9 Å². The molecule has 0 saturated carbocycles. The number of aromatic nitrogens is 1. The molecule has 6 rings (SSSR count). The molecule has 6 nitrogen and oxygen atoms in total. The van der Waals surface area contributed by atoms with E-state index in [9.17, 15) is 31.1 Å². The van der Waals surface area contributed by atoms with E-state index in [0.29, 0.717) is 24.9 Å². The molecule has 0 aliphatic carbocycles. The summed E-state index contributed by atoms with van der Waals surface area (Å²) in [5.74, 6) is -0.634. The predicted molar refractivity (Wildman–Crippen MR) is 184 cm³/mol. The first-order valence-corrected chi connectivity index (χ1v) is 17.5. The van der Waals surface area contributed by atoms with Crippen molar-refractivity contribution in [2.24, 2.45) is 0 Å². The number of benzene rings is 3. The van der Waals surface area contributed by atoms with E-state index in [1.165, 1.54) is 42.8 Å². The van der Waals surface area contributed by atoms with Crippen molar-refractivity contribution >= 4 is 16.8 Å². The normalized spacial score (nSPS) is 17.5. The summed E-state index contributed by atoms with van der Waals surface area (Å²) in [5, 5.41) is 2.49. The molecule has 12 heteroatoms. The summed E-state index contributed by atoms with van der Waals surface area (Å²) < 4.78 is 91.6. The van der Waals surface area contributed by atoms with Gasteiger partial charge in [-0.2, -0.15) is 26.3 Å². The Morgan fingerprint density at radius 1 is 0.882 bits per heavy atom. The highest BCUT2D eigenvalue weighted by molar-refractivity contribution is 6.09. The molecule has 0 bridgehead atoms. The molecule has 51 heavy (non-hydrogen) atoms. The number of likely N-dealkylation sites (tertiary alicyclic amines) is 2. The first kappa shape index (κ1) is 36.6. The third kappa shape index (κ3) is 8.66. The number of halogens is 6. The fourth-order valence-electron chi connectivity index (χ4n) is 7.27. The van der Waals surface area contributed by atoms with Crippen molar-refractivity contribution in [1.29, 1.82) is 0 Å². The van der Waals surface area contributed by atoms with Gasteiger partial charge in [0.15, 0.2) is 6.04 Å². The van der Waals surface area contributed by atoms with Crippen LogP contribution in [0.15, 0.2) is 72.8 Å². The van der Waals surface area contributed by atoms with Gasteiger partial charge in [0.25, 0.3) is 5.91 Å². The Balaban J connectivity index is 1.50. The highest BCUT2D eigenvalue weighted by Gasteiger charge is 2.43. The maximum Gasteiger partial charge on any atom is 0.416 e. The van der Waals surface area contributed by atoms with E-state index in [4.69, 9.17) is 9.72 Å². The van der Waals surface area contributed by atoms with Crippen LogP contribution >= 0.6 is 0 Å². The minimum Gasteiger partial charge on any atom is -0.491 e. The smallest absolute Gasteiger partial charge is 0.416 e. The molecule has 4 aromatic rings. The van der Waals surface area contributed by atoms with E-state index in [1.807, 2.05) is 13.8 Å². The maximum absolute atomic E-state index is 14.6. The fourth-order valence-corrected chi connectivity index (χ4v) is 7.27. The van der Waals surface area contributed by atoms with Gasteiger partial charge < -0.3 is 15.0 Å². The summed E-state index contributed by atoms with van der Waals surface area (Å²) in [6.45, 7) is 7.12. The maximum atomic E-state index is 14.6. The second kappa shape index (κ2) is 15.2. The van der Waals surface area contributed by atoms with Crippen LogP contribution in [0.5, 0.6) is 5.75 Å². The van der Waals surface area contributed by atoms with Gasteiger partial charge >= 0.3 is 12.4 Å². The summed E-state index contributed by atoms with van der Waals surface area (Å²) in [5.41, 5.74) is -0.423. The van der Waals surface area contributed by atoms with Crippen molar-refractivity contribution in [2.45, 2.75) is 83.0 Å². The topological polar surface area (TPSA) is 57.7 Å². The average molecular weight is 713 g/mol. The second-order valence-corrected chi connectivity index (χ2v) is 13.7. The third-order valence-corrected chi connectivity index (χ3v) is 9.70. The predicted octanol–water partition coefficient (Wildman–Crippen LogP) is 9.19. The van der Waals surface area contributed by atoms with Crippen LogP contribution in [-0.4, -0.2) is 65.2 Å². The van der Waals surface area contributed by atoms with Gasteiger partial charge in [-0.3, -0.25) is 9.69 Å². The molecule has 0 spiro atoms. The van der Waals surface area contributed by atoms with Gasteiger partial charge in [0.2, 0.25) is 0 Å². The van der Waals surface area contributed by atoms with Crippen molar-refractivity contribution in [3.63, 3.8) is 0 Å². The van der Waals surface area contributed by atoms with Crippen LogP contribution in [0.3, 0.4) is 0 Å². The van der Waals surface area contributed by atoms with Gasteiger partial charge in [-0.05, 0) is 102 Å². The van der Waals surface area contributed by atoms with E-state index in [-0.39, 0.29) is 51.5 Å². The van der Waals surface area contributed by atoms with Crippen molar-refractivity contribution in [2.75, 3.05) is 26.2 Å². The summed E-state index contributed by atoms with van der Waals surface area (Å²) in [4.78, 5) is 23.9.